The smallest absolute Gasteiger partial charge is 0.243 e. The average Bonchev–Trinajstić information content (AvgIpc) is 2.67. The van der Waals surface area contributed by atoms with Crippen molar-refractivity contribution < 1.29 is 18.3 Å². The molecule has 2 rings (SSSR count). The zero-order valence-corrected chi connectivity index (χ0v) is 17.1. The molecule has 0 aromatic heterocycles. The van der Waals surface area contributed by atoms with Gasteiger partial charge in [-0.25, -0.2) is 8.42 Å². The summed E-state index contributed by atoms with van der Waals surface area (Å²) in [6.45, 7) is 7.15. The van der Waals surface area contributed by atoms with E-state index < -0.39 is 10.0 Å². The minimum absolute atomic E-state index is 0.0273. The number of sulfonamides is 1. The van der Waals surface area contributed by atoms with Gasteiger partial charge in [0.25, 0.3) is 0 Å². The van der Waals surface area contributed by atoms with Crippen molar-refractivity contribution in [1.82, 2.24) is 9.62 Å². The van der Waals surface area contributed by atoms with Crippen LogP contribution >= 0.6 is 0 Å². The van der Waals surface area contributed by atoms with Gasteiger partial charge < -0.3 is 15.2 Å². The Bertz CT molecular complexity index is 847. The third kappa shape index (κ3) is 5.00. The summed E-state index contributed by atoms with van der Waals surface area (Å²) in [5.41, 5.74) is 1.92. The Morgan fingerprint density at radius 3 is 2.26 bits per heavy atom. The van der Waals surface area contributed by atoms with Crippen LogP contribution in [0.4, 0.5) is 0 Å². The normalized spacial score (nSPS) is 12.9. The molecule has 2 aromatic rings. The van der Waals surface area contributed by atoms with Gasteiger partial charge in [0.2, 0.25) is 10.0 Å². The van der Waals surface area contributed by atoms with Crippen LogP contribution in [-0.2, 0) is 16.6 Å². The summed E-state index contributed by atoms with van der Waals surface area (Å²) >= 11 is 0. The first-order valence-corrected chi connectivity index (χ1v) is 10.5. The number of rotatable bonds is 9. The van der Waals surface area contributed by atoms with Crippen LogP contribution in [0, 0.1) is 0 Å². The summed E-state index contributed by atoms with van der Waals surface area (Å²) in [5, 5.41) is 13.2. The monoisotopic (exact) mass is 392 g/mol. The fourth-order valence-corrected chi connectivity index (χ4v) is 4.33. The van der Waals surface area contributed by atoms with Gasteiger partial charge in [-0.05, 0) is 42.3 Å². The highest BCUT2D eigenvalue weighted by Crippen LogP contribution is 2.26. The van der Waals surface area contributed by atoms with Crippen LogP contribution in [0.25, 0.3) is 0 Å². The topological polar surface area (TPSA) is 78.9 Å². The van der Waals surface area contributed by atoms with Gasteiger partial charge in [0, 0.05) is 25.7 Å². The fraction of sp³-hybridized carbons (Fsp3) is 0.400. The highest BCUT2D eigenvalue weighted by molar-refractivity contribution is 7.89. The number of hydrogen-bond donors (Lipinski definition) is 2. The number of benzene rings is 2. The van der Waals surface area contributed by atoms with Crippen LogP contribution in [0.15, 0.2) is 47.4 Å². The molecule has 0 aliphatic heterocycles. The molecule has 0 saturated heterocycles. The lowest BCUT2D eigenvalue weighted by atomic mass is 10.1. The number of ether oxygens (including phenoxy) is 1. The molecule has 1 unspecified atom stereocenters. The molecule has 2 aromatic carbocycles. The van der Waals surface area contributed by atoms with E-state index in [4.69, 9.17) is 4.74 Å². The molecule has 0 bridgehead atoms. The summed E-state index contributed by atoms with van der Waals surface area (Å²) in [5.74, 6) is 0.548. The van der Waals surface area contributed by atoms with Crippen LogP contribution < -0.4 is 10.1 Å². The van der Waals surface area contributed by atoms with E-state index in [0.717, 1.165) is 11.1 Å². The molecule has 0 fully saturated rings. The number of phenolic OH excluding ortho intramolecular Hbond substituents is 1. The number of hydrogen-bond acceptors (Lipinski definition) is 5. The molecule has 0 spiro atoms. The summed E-state index contributed by atoms with van der Waals surface area (Å²) in [6, 6.07) is 12.3. The molecule has 0 aliphatic carbocycles. The number of nitrogens with zero attached hydrogens (tertiary/aromatic N) is 1. The Morgan fingerprint density at radius 1 is 1.11 bits per heavy atom. The minimum Gasteiger partial charge on any atom is -0.504 e. The fourth-order valence-electron chi connectivity index (χ4n) is 2.88. The highest BCUT2D eigenvalue weighted by Gasteiger charge is 2.21. The van der Waals surface area contributed by atoms with Crippen molar-refractivity contribution in [2.45, 2.75) is 38.3 Å². The van der Waals surface area contributed by atoms with Crippen LogP contribution in [-0.4, -0.2) is 38.0 Å². The summed E-state index contributed by atoms with van der Waals surface area (Å²) in [7, 11) is -1.92. The van der Waals surface area contributed by atoms with Gasteiger partial charge in [0.15, 0.2) is 11.5 Å². The summed E-state index contributed by atoms with van der Waals surface area (Å²) < 4.78 is 31.6. The Kier molecular flexibility index (Phi) is 7.24. The van der Waals surface area contributed by atoms with Gasteiger partial charge >= 0.3 is 0 Å². The second-order valence-electron chi connectivity index (χ2n) is 6.27. The molecule has 0 amide bonds. The molecule has 7 heteroatoms. The molecule has 2 N–H and O–H groups in total. The first-order valence-electron chi connectivity index (χ1n) is 9.02. The van der Waals surface area contributed by atoms with Crippen molar-refractivity contribution in [1.29, 1.82) is 0 Å². The maximum Gasteiger partial charge on any atom is 0.243 e. The lowest BCUT2D eigenvalue weighted by Gasteiger charge is -2.19. The summed E-state index contributed by atoms with van der Waals surface area (Å²) in [6.07, 6.45) is 0. The van der Waals surface area contributed by atoms with E-state index in [2.05, 4.69) is 5.32 Å². The quantitative estimate of drug-likeness (QED) is 0.685. The van der Waals surface area contributed by atoms with E-state index in [1.807, 2.05) is 39.0 Å². The Morgan fingerprint density at radius 2 is 1.74 bits per heavy atom. The third-order valence-corrected chi connectivity index (χ3v) is 6.64. The standard InChI is InChI=1S/C20H28N2O4S/c1-5-22(6-2)27(24,25)18-10-8-17(9-11-18)15(3)21-14-16-7-12-20(26-4)19(23)13-16/h7-13,15,21,23H,5-6,14H2,1-4H3. The van der Waals surface area contributed by atoms with E-state index in [0.29, 0.717) is 30.3 Å². The number of methoxy groups -OCH3 is 1. The molecule has 148 valence electrons. The molecule has 27 heavy (non-hydrogen) atoms. The van der Waals surface area contributed by atoms with Crippen LogP contribution in [0.3, 0.4) is 0 Å². The number of aromatic hydroxyl groups is 1. The molecule has 0 saturated carbocycles. The van der Waals surface area contributed by atoms with Crippen molar-refractivity contribution >= 4 is 10.0 Å². The number of phenols is 1. The molecule has 0 aliphatic rings. The molecule has 6 nitrogen and oxygen atoms in total. The maximum atomic E-state index is 12.5. The van der Waals surface area contributed by atoms with Gasteiger partial charge in [-0.3, -0.25) is 0 Å². The molecular formula is C20H28N2O4S. The Balaban J connectivity index is 2.05. The van der Waals surface area contributed by atoms with E-state index in [9.17, 15) is 13.5 Å². The van der Waals surface area contributed by atoms with E-state index in [1.165, 1.54) is 11.4 Å². The highest BCUT2D eigenvalue weighted by atomic mass is 32.2. The molecule has 0 heterocycles. The molecule has 1 atom stereocenters. The lowest BCUT2D eigenvalue weighted by molar-refractivity contribution is 0.373. The third-order valence-electron chi connectivity index (χ3n) is 4.58. The predicted molar refractivity (Wildman–Crippen MR) is 106 cm³/mol. The van der Waals surface area contributed by atoms with E-state index >= 15 is 0 Å². The second kappa shape index (κ2) is 9.21. The van der Waals surface area contributed by atoms with Crippen molar-refractivity contribution in [3.05, 3.63) is 53.6 Å². The average molecular weight is 393 g/mol. The van der Waals surface area contributed by atoms with Crippen molar-refractivity contribution in [3.8, 4) is 11.5 Å². The Labute approximate surface area is 161 Å². The molecular weight excluding hydrogens is 364 g/mol. The largest absolute Gasteiger partial charge is 0.504 e. The first-order chi connectivity index (χ1) is 12.8. The Hall–Kier alpha value is -2.09. The minimum atomic E-state index is -3.44. The lowest BCUT2D eigenvalue weighted by Crippen LogP contribution is -2.30. The summed E-state index contributed by atoms with van der Waals surface area (Å²) in [4.78, 5) is 0.308. The van der Waals surface area contributed by atoms with Gasteiger partial charge in [0.1, 0.15) is 0 Å². The zero-order valence-electron chi connectivity index (χ0n) is 16.3. The predicted octanol–water partition coefficient (Wildman–Crippen LogP) is 3.28. The maximum absolute atomic E-state index is 12.5. The first kappa shape index (κ1) is 21.2. The van der Waals surface area contributed by atoms with Gasteiger partial charge in [-0.1, -0.05) is 32.0 Å². The van der Waals surface area contributed by atoms with Crippen LogP contribution in [0.5, 0.6) is 11.5 Å². The van der Waals surface area contributed by atoms with Crippen LogP contribution in [0.1, 0.15) is 37.9 Å². The van der Waals surface area contributed by atoms with Gasteiger partial charge in [-0.15, -0.1) is 0 Å². The second-order valence-corrected chi connectivity index (χ2v) is 8.21. The van der Waals surface area contributed by atoms with Crippen molar-refractivity contribution in [3.63, 3.8) is 0 Å². The van der Waals surface area contributed by atoms with E-state index in [1.54, 1.807) is 24.3 Å². The zero-order chi connectivity index (χ0) is 20.0. The van der Waals surface area contributed by atoms with Gasteiger partial charge in [0.05, 0.1) is 12.0 Å². The number of nitrogens with one attached hydrogen (secondary N) is 1. The van der Waals surface area contributed by atoms with E-state index in [-0.39, 0.29) is 11.8 Å². The van der Waals surface area contributed by atoms with Crippen molar-refractivity contribution in [2.24, 2.45) is 0 Å². The van der Waals surface area contributed by atoms with Crippen LogP contribution in [0.2, 0.25) is 0 Å². The van der Waals surface area contributed by atoms with Crippen molar-refractivity contribution in [2.75, 3.05) is 20.2 Å². The SMILES string of the molecule is CCN(CC)S(=O)(=O)c1ccc(C(C)NCc2ccc(OC)c(O)c2)cc1. The molecule has 0 radical (unpaired) electrons. The van der Waals surface area contributed by atoms with Gasteiger partial charge in [-0.2, -0.15) is 4.31 Å².